The second kappa shape index (κ2) is 17.6. The standard InChI is InChI=1S/C84H48N2O2/c1-7-25-69-57(15-1)58-16-2-8-26-70(58)83(69)73-43-49(31-35-61(73)63-37-33-53(45-75(63)83)55-21-13-23-67-65-19-5-11-29-79(65)87-81(55)67)51-39-41-85-77(47-51)78-48-52(40-42-86-78)50-32-36-62-64-38-34-54(56-22-14-24-68-66-20-6-12-30-80(66)88-82(56)68)46-76(64)84(74(62)44-50)71-27-9-3-17-59(71)60-18-4-10-28-72(60)84/h1-48H. The molecule has 4 heteroatoms. The molecule has 88 heavy (non-hydrogen) atoms. The number of pyridine rings is 2. The highest BCUT2D eigenvalue weighted by Crippen LogP contribution is 2.66. The smallest absolute Gasteiger partial charge is 0.143 e. The molecule has 12 aromatic carbocycles. The number of hydrogen-bond donors (Lipinski definition) is 0. The fourth-order valence-electron chi connectivity index (χ4n) is 16.4. The summed E-state index contributed by atoms with van der Waals surface area (Å²) in [7, 11) is 0. The summed E-state index contributed by atoms with van der Waals surface area (Å²) >= 11 is 0. The third kappa shape index (κ3) is 6.22. The Morgan fingerprint density at radius 3 is 0.909 bits per heavy atom. The van der Waals surface area contributed by atoms with Gasteiger partial charge < -0.3 is 8.83 Å². The number of benzene rings is 12. The zero-order valence-corrected chi connectivity index (χ0v) is 47.4. The first-order valence-electron chi connectivity index (χ1n) is 30.3. The van der Waals surface area contributed by atoms with Crippen LogP contribution in [0.4, 0.5) is 0 Å². The van der Waals surface area contributed by atoms with Crippen LogP contribution >= 0.6 is 0 Å². The van der Waals surface area contributed by atoms with Crippen molar-refractivity contribution >= 4 is 43.9 Å². The van der Waals surface area contributed by atoms with Gasteiger partial charge in [0.1, 0.15) is 22.3 Å². The van der Waals surface area contributed by atoms with Crippen molar-refractivity contribution in [2.75, 3.05) is 0 Å². The first-order chi connectivity index (χ1) is 43.6. The van der Waals surface area contributed by atoms with Gasteiger partial charge in [-0.25, -0.2) is 0 Å². The lowest BCUT2D eigenvalue weighted by Crippen LogP contribution is -2.26. The van der Waals surface area contributed by atoms with Crippen LogP contribution in [0.1, 0.15) is 44.5 Å². The number of hydrogen-bond acceptors (Lipinski definition) is 4. The van der Waals surface area contributed by atoms with E-state index in [1.165, 1.54) is 89.0 Å². The summed E-state index contributed by atoms with van der Waals surface area (Å²) in [6.45, 7) is 0. The van der Waals surface area contributed by atoms with Gasteiger partial charge in [-0.1, -0.05) is 218 Å². The Hall–Kier alpha value is -11.5. The summed E-state index contributed by atoms with van der Waals surface area (Å²) in [4.78, 5) is 10.1. The van der Waals surface area contributed by atoms with Gasteiger partial charge >= 0.3 is 0 Å². The predicted octanol–water partition coefficient (Wildman–Crippen LogP) is 21.3. The Morgan fingerprint density at radius 2 is 0.511 bits per heavy atom. The lowest BCUT2D eigenvalue weighted by Gasteiger charge is -2.31. The SMILES string of the molecule is c1ccc2c(c1)-c1ccccc1C21c2cc(-c3ccnc(-c4cc(-c5ccc6c(c5)C5(c7ccccc7-c7ccccc75)c5cc(-c7cccc8c7oc7ccccc78)ccc5-6)ccn4)c3)ccc2-c2ccc(-c3cccc4c3oc3ccccc34)cc21. The van der Waals surface area contributed by atoms with Crippen molar-refractivity contribution in [1.82, 2.24) is 9.97 Å². The Balaban J connectivity index is 0.707. The molecular formula is C84H48N2O2. The molecule has 4 aliphatic carbocycles. The molecule has 0 unspecified atom stereocenters. The topological polar surface area (TPSA) is 52.1 Å². The summed E-state index contributed by atoms with van der Waals surface area (Å²) in [5.74, 6) is 0. The molecule has 0 bridgehead atoms. The van der Waals surface area contributed by atoms with Crippen molar-refractivity contribution in [2.45, 2.75) is 10.8 Å². The number of para-hydroxylation sites is 4. The zero-order chi connectivity index (χ0) is 57.4. The second-order valence-corrected chi connectivity index (χ2v) is 24.1. The molecule has 4 aromatic heterocycles. The van der Waals surface area contributed by atoms with Gasteiger partial charge in [-0.2, -0.15) is 0 Å². The molecule has 0 saturated carbocycles. The van der Waals surface area contributed by atoms with Crippen LogP contribution in [-0.4, -0.2) is 9.97 Å². The monoisotopic (exact) mass is 1120 g/mol. The molecule has 16 aromatic rings. The Morgan fingerprint density at radius 1 is 0.216 bits per heavy atom. The third-order valence-corrected chi connectivity index (χ3v) is 20.1. The van der Waals surface area contributed by atoms with E-state index in [0.717, 1.165) is 99.8 Å². The summed E-state index contributed by atoms with van der Waals surface area (Å²) in [6, 6.07) is 103. The molecule has 406 valence electrons. The van der Waals surface area contributed by atoms with Crippen LogP contribution in [0.2, 0.25) is 0 Å². The lowest BCUT2D eigenvalue weighted by molar-refractivity contribution is 0.669. The zero-order valence-electron chi connectivity index (χ0n) is 47.4. The van der Waals surface area contributed by atoms with Gasteiger partial charge in [0.05, 0.1) is 22.2 Å². The Bertz CT molecular complexity index is 5290. The molecule has 0 fully saturated rings. The van der Waals surface area contributed by atoms with Crippen LogP contribution in [0, 0.1) is 0 Å². The summed E-state index contributed by atoms with van der Waals surface area (Å²) in [5, 5.41) is 4.51. The summed E-state index contributed by atoms with van der Waals surface area (Å²) in [6.07, 6.45) is 3.88. The largest absolute Gasteiger partial charge is 0.455 e. The normalized spacial score (nSPS) is 13.9. The van der Waals surface area contributed by atoms with Crippen LogP contribution in [-0.2, 0) is 10.8 Å². The minimum absolute atomic E-state index is 0.567. The quantitative estimate of drug-likeness (QED) is 0.172. The van der Waals surface area contributed by atoms with Gasteiger partial charge in [-0.15, -0.1) is 0 Å². The van der Waals surface area contributed by atoms with Gasteiger partial charge in [0, 0.05) is 45.1 Å². The van der Waals surface area contributed by atoms with E-state index >= 15 is 0 Å². The highest BCUT2D eigenvalue weighted by Gasteiger charge is 2.53. The summed E-state index contributed by atoms with van der Waals surface area (Å²) in [5.41, 5.74) is 33.3. The molecule has 4 nitrogen and oxygen atoms in total. The first kappa shape index (κ1) is 47.8. The van der Waals surface area contributed by atoms with E-state index in [1.54, 1.807) is 0 Å². The number of rotatable bonds is 5. The van der Waals surface area contributed by atoms with Crippen molar-refractivity contribution < 1.29 is 8.83 Å². The fraction of sp³-hybridized carbons (Fsp3) is 0.0238. The van der Waals surface area contributed by atoms with E-state index in [0.29, 0.717) is 0 Å². The molecule has 2 spiro atoms. The van der Waals surface area contributed by atoms with Gasteiger partial charge in [-0.3, -0.25) is 9.97 Å². The number of nitrogens with zero attached hydrogens (tertiary/aromatic N) is 2. The molecular weight excluding hydrogens is 1070 g/mol. The molecule has 0 amide bonds. The first-order valence-corrected chi connectivity index (χ1v) is 30.3. The molecule has 0 N–H and O–H groups in total. The maximum absolute atomic E-state index is 6.67. The van der Waals surface area contributed by atoms with Gasteiger partial charge in [-0.05, 0) is 183 Å². The molecule has 20 rings (SSSR count). The van der Waals surface area contributed by atoms with E-state index < -0.39 is 10.8 Å². The van der Waals surface area contributed by atoms with E-state index in [9.17, 15) is 0 Å². The average molecular weight is 1120 g/mol. The molecule has 0 aliphatic heterocycles. The van der Waals surface area contributed by atoms with E-state index in [1.807, 2.05) is 24.5 Å². The maximum atomic E-state index is 6.67. The van der Waals surface area contributed by atoms with Gasteiger partial charge in [0.15, 0.2) is 0 Å². The molecule has 0 atom stereocenters. The fourth-order valence-corrected chi connectivity index (χ4v) is 16.4. The van der Waals surface area contributed by atoms with E-state index in [4.69, 9.17) is 18.8 Å². The third-order valence-electron chi connectivity index (χ3n) is 20.1. The van der Waals surface area contributed by atoms with Crippen molar-refractivity contribution in [3.8, 4) is 100 Å². The highest BCUT2D eigenvalue weighted by atomic mass is 16.3. The van der Waals surface area contributed by atoms with Crippen molar-refractivity contribution in [3.63, 3.8) is 0 Å². The minimum Gasteiger partial charge on any atom is -0.455 e. The second-order valence-electron chi connectivity index (χ2n) is 24.1. The Labute approximate surface area is 507 Å². The van der Waals surface area contributed by atoms with Crippen molar-refractivity contribution in [1.29, 1.82) is 0 Å². The van der Waals surface area contributed by atoms with Crippen molar-refractivity contribution in [3.05, 3.63) is 336 Å². The number of fused-ring (bicyclic) bond motifs is 26. The van der Waals surface area contributed by atoms with Crippen LogP contribution < -0.4 is 0 Å². The van der Waals surface area contributed by atoms with Crippen LogP contribution in [0.15, 0.2) is 300 Å². The highest BCUT2D eigenvalue weighted by molar-refractivity contribution is 6.11. The molecule has 4 heterocycles. The molecule has 4 aliphatic rings. The number of aromatic nitrogens is 2. The van der Waals surface area contributed by atoms with Crippen molar-refractivity contribution in [2.24, 2.45) is 0 Å². The van der Waals surface area contributed by atoms with Crippen LogP contribution in [0.25, 0.3) is 144 Å². The van der Waals surface area contributed by atoms with Gasteiger partial charge in [0.25, 0.3) is 0 Å². The van der Waals surface area contributed by atoms with E-state index in [2.05, 4.69) is 267 Å². The lowest BCUT2D eigenvalue weighted by atomic mass is 9.70. The predicted molar refractivity (Wildman–Crippen MR) is 356 cm³/mol. The molecule has 0 saturated heterocycles. The summed E-state index contributed by atoms with van der Waals surface area (Å²) < 4.78 is 13.3. The Kier molecular flexibility index (Phi) is 9.56. The minimum atomic E-state index is -0.567. The average Bonchev–Trinajstić information content (AvgIpc) is 1.53. The van der Waals surface area contributed by atoms with Crippen LogP contribution in [0.5, 0.6) is 0 Å². The van der Waals surface area contributed by atoms with E-state index in [-0.39, 0.29) is 0 Å². The molecule has 0 radical (unpaired) electrons. The maximum Gasteiger partial charge on any atom is 0.143 e. The van der Waals surface area contributed by atoms with Crippen LogP contribution in [0.3, 0.4) is 0 Å². The van der Waals surface area contributed by atoms with Gasteiger partial charge in [0.2, 0.25) is 0 Å². The number of furan rings is 2.